The van der Waals surface area contributed by atoms with Crippen molar-refractivity contribution in [2.24, 2.45) is 5.41 Å². The highest BCUT2D eigenvalue weighted by molar-refractivity contribution is 6.07. The molecular weight excluding hydrogens is 464 g/mol. The molecule has 2 aromatic rings. The molecule has 5 nitrogen and oxygen atoms in total. The van der Waals surface area contributed by atoms with Crippen LogP contribution in [0.2, 0.25) is 0 Å². The van der Waals surface area contributed by atoms with Gasteiger partial charge in [-0.1, -0.05) is 53.5 Å². The van der Waals surface area contributed by atoms with Crippen LogP contribution >= 0.6 is 0 Å². The van der Waals surface area contributed by atoms with Gasteiger partial charge in [0.2, 0.25) is 0 Å². The largest absolute Gasteiger partial charge is 0.493 e. The fraction of sp³-hybridized carbons (Fsp3) is 0.500. The topological polar surface area (TPSA) is 61.8 Å². The highest BCUT2D eigenvalue weighted by Crippen LogP contribution is 2.40. The van der Waals surface area contributed by atoms with Crippen molar-refractivity contribution in [2.75, 3.05) is 13.2 Å². The molecular formula is C32H44O5. The fourth-order valence-corrected chi connectivity index (χ4v) is 3.46. The van der Waals surface area contributed by atoms with E-state index in [1.807, 2.05) is 6.07 Å². The summed E-state index contributed by atoms with van der Waals surface area (Å²) in [6.07, 6.45) is 7.30. The Kier molecular flexibility index (Phi) is 11.0. The standard InChI is InChI=1S/C32H44O5/c1-9-11-21-35-28-20-18-26(31(3,4)5)29(36-22-12-10-2)25(28)17-19-27(33)23-13-15-24(16-14-23)37-30(34)32(6,7)8/h13-20H,9-12,21-22H2,1-8H3. The lowest BCUT2D eigenvalue weighted by molar-refractivity contribution is -0.143. The van der Waals surface area contributed by atoms with Crippen LogP contribution in [0.1, 0.15) is 103 Å². The van der Waals surface area contributed by atoms with Crippen LogP contribution in [0, 0.1) is 5.41 Å². The van der Waals surface area contributed by atoms with E-state index in [0.29, 0.717) is 30.3 Å². The third-order valence-corrected chi connectivity index (χ3v) is 5.83. The van der Waals surface area contributed by atoms with Crippen LogP contribution in [0.4, 0.5) is 0 Å². The Morgan fingerprint density at radius 1 is 0.811 bits per heavy atom. The zero-order chi connectivity index (χ0) is 27.6. The molecule has 0 spiro atoms. The van der Waals surface area contributed by atoms with Crippen molar-refractivity contribution in [3.05, 3.63) is 59.2 Å². The fourth-order valence-electron chi connectivity index (χ4n) is 3.46. The molecule has 0 atom stereocenters. The van der Waals surface area contributed by atoms with E-state index in [2.05, 4.69) is 40.7 Å². The number of esters is 1. The molecule has 5 heteroatoms. The maximum atomic E-state index is 13.1. The minimum Gasteiger partial charge on any atom is -0.493 e. The SMILES string of the molecule is CCCCOc1ccc(C(C)(C)C)c(OCCCC)c1C=CC(=O)c1ccc(OC(=O)C(C)(C)C)cc1. The summed E-state index contributed by atoms with van der Waals surface area (Å²) in [5.41, 5.74) is 1.61. The number of hydrogen-bond donors (Lipinski definition) is 0. The van der Waals surface area contributed by atoms with Gasteiger partial charge in [-0.3, -0.25) is 9.59 Å². The van der Waals surface area contributed by atoms with E-state index in [-0.39, 0.29) is 17.2 Å². The van der Waals surface area contributed by atoms with Crippen molar-refractivity contribution in [1.29, 1.82) is 0 Å². The first-order valence-corrected chi connectivity index (χ1v) is 13.4. The third-order valence-electron chi connectivity index (χ3n) is 5.83. The summed E-state index contributed by atoms with van der Waals surface area (Å²) in [5.74, 6) is 1.41. The zero-order valence-corrected chi connectivity index (χ0v) is 23.9. The monoisotopic (exact) mass is 508 g/mol. The number of ketones is 1. The Labute approximate surface area is 223 Å². The molecule has 0 bridgehead atoms. The second kappa shape index (κ2) is 13.5. The van der Waals surface area contributed by atoms with Crippen LogP contribution < -0.4 is 14.2 Å². The normalized spacial score (nSPS) is 12.0. The van der Waals surface area contributed by atoms with Crippen LogP contribution in [0.3, 0.4) is 0 Å². The van der Waals surface area contributed by atoms with Crippen LogP contribution in [0.25, 0.3) is 6.08 Å². The molecule has 2 rings (SSSR count). The minimum absolute atomic E-state index is 0.142. The lowest BCUT2D eigenvalue weighted by Crippen LogP contribution is -2.25. The van der Waals surface area contributed by atoms with Gasteiger partial charge in [-0.2, -0.15) is 0 Å². The first kappa shape index (κ1) is 30.1. The molecule has 0 saturated carbocycles. The van der Waals surface area contributed by atoms with E-state index >= 15 is 0 Å². The smallest absolute Gasteiger partial charge is 0.316 e. The van der Waals surface area contributed by atoms with Gasteiger partial charge in [0, 0.05) is 11.1 Å². The number of ether oxygens (including phenoxy) is 3. The molecule has 0 saturated heterocycles. The van der Waals surface area contributed by atoms with Gasteiger partial charge < -0.3 is 14.2 Å². The Bertz CT molecular complexity index is 1070. The summed E-state index contributed by atoms with van der Waals surface area (Å²) in [6, 6.07) is 10.7. The second-order valence-corrected chi connectivity index (χ2v) is 11.4. The predicted molar refractivity (Wildman–Crippen MR) is 151 cm³/mol. The Hall–Kier alpha value is -3.08. The number of unbranched alkanes of at least 4 members (excludes halogenated alkanes) is 2. The van der Waals surface area contributed by atoms with Crippen LogP contribution in [-0.4, -0.2) is 25.0 Å². The first-order valence-electron chi connectivity index (χ1n) is 13.4. The van der Waals surface area contributed by atoms with Crippen LogP contribution in [0.5, 0.6) is 17.2 Å². The molecule has 0 heterocycles. The molecule has 0 radical (unpaired) electrons. The first-order chi connectivity index (χ1) is 17.4. The highest BCUT2D eigenvalue weighted by Gasteiger charge is 2.25. The predicted octanol–water partition coefficient (Wildman–Crippen LogP) is 8.19. The number of benzene rings is 2. The Balaban J connectivity index is 2.39. The average molecular weight is 509 g/mol. The zero-order valence-electron chi connectivity index (χ0n) is 23.9. The quantitative estimate of drug-likeness (QED) is 0.0951. The van der Waals surface area contributed by atoms with E-state index in [4.69, 9.17) is 14.2 Å². The number of hydrogen-bond acceptors (Lipinski definition) is 5. The van der Waals surface area contributed by atoms with Gasteiger partial charge in [0.25, 0.3) is 0 Å². The third kappa shape index (κ3) is 9.07. The van der Waals surface area contributed by atoms with Gasteiger partial charge in [0.15, 0.2) is 5.78 Å². The summed E-state index contributed by atoms with van der Waals surface area (Å²) < 4.78 is 17.8. The van der Waals surface area contributed by atoms with Crippen molar-refractivity contribution in [2.45, 2.75) is 86.5 Å². The molecule has 0 fully saturated rings. The molecule has 0 aliphatic carbocycles. The van der Waals surface area contributed by atoms with Crippen molar-refractivity contribution in [3.63, 3.8) is 0 Å². The molecule has 0 aromatic heterocycles. The summed E-state index contributed by atoms with van der Waals surface area (Å²) >= 11 is 0. The number of carbonyl (C=O) groups excluding carboxylic acids is 2. The lowest BCUT2D eigenvalue weighted by atomic mass is 9.84. The van der Waals surface area contributed by atoms with Crippen molar-refractivity contribution in [3.8, 4) is 17.2 Å². The van der Waals surface area contributed by atoms with Crippen LogP contribution in [0.15, 0.2) is 42.5 Å². The van der Waals surface area contributed by atoms with Gasteiger partial charge in [0.1, 0.15) is 17.2 Å². The van der Waals surface area contributed by atoms with Gasteiger partial charge in [0.05, 0.1) is 24.2 Å². The molecule has 37 heavy (non-hydrogen) atoms. The second-order valence-electron chi connectivity index (χ2n) is 11.4. The van der Waals surface area contributed by atoms with Gasteiger partial charge in [-0.05, 0) is 81.5 Å². The summed E-state index contributed by atoms with van der Waals surface area (Å²) in [7, 11) is 0. The maximum absolute atomic E-state index is 13.1. The number of rotatable bonds is 12. The molecule has 0 aliphatic rings. The van der Waals surface area contributed by atoms with Crippen LogP contribution in [-0.2, 0) is 10.2 Å². The lowest BCUT2D eigenvalue weighted by Gasteiger charge is -2.25. The van der Waals surface area contributed by atoms with Gasteiger partial charge in [-0.25, -0.2) is 0 Å². The van der Waals surface area contributed by atoms with E-state index in [1.165, 1.54) is 0 Å². The van der Waals surface area contributed by atoms with Crippen molar-refractivity contribution >= 4 is 17.8 Å². The van der Waals surface area contributed by atoms with E-state index in [0.717, 1.165) is 42.6 Å². The van der Waals surface area contributed by atoms with E-state index < -0.39 is 5.41 Å². The number of allylic oxidation sites excluding steroid dienone is 1. The van der Waals surface area contributed by atoms with E-state index in [1.54, 1.807) is 57.2 Å². The van der Waals surface area contributed by atoms with Gasteiger partial charge in [-0.15, -0.1) is 0 Å². The summed E-state index contributed by atoms with van der Waals surface area (Å²) in [5, 5.41) is 0. The van der Waals surface area contributed by atoms with E-state index in [9.17, 15) is 9.59 Å². The summed E-state index contributed by atoms with van der Waals surface area (Å²) in [4.78, 5) is 25.2. The Morgan fingerprint density at radius 2 is 1.41 bits per heavy atom. The minimum atomic E-state index is -0.605. The molecule has 2 aromatic carbocycles. The molecule has 0 aliphatic heterocycles. The summed E-state index contributed by atoms with van der Waals surface area (Å²) in [6.45, 7) is 17.3. The van der Waals surface area contributed by atoms with Crippen molar-refractivity contribution in [1.82, 2.24) is 0 Å². The molecule has 0 N–H and O–H groups in total. The molecule has 202 valence electrons. The van der Waals surface area contributed by atoms with Crippen molar-refractivity contribution < 1.29 is 23.8 Å². The molecule has 0 amide bonds. The number of carbonyl (C=O) groups is 2. The maximum Gasteiger partial charge on any atom is 0.316 e. The van der Waals surface area contributed by atoms with Gasteiger partial charge >= 0.3 is 5.97 Å². The average Bonchev–Trinajstić information content (AvgIpc) is 2.82. The highest BCUT2D eigenvalue weighted by atomic mass is 16.5. The molecule has 0 unspecified atom stereocenters. The Morgan fingerprint density at radius 3 is 1.95 bits per heavy atom.